The lowest BCUT2D eigenvalue weighted by atomic mass is 10.2. The number of amides is 2. The minimum atomic E-state index is -0.255. The van der Waals surface area contributed by atoms with Crippen LogP contribution < -0.4 is 10.6 Å². The standard InChI is InChI=1S/C25H21ClN4O2/c1-17-3-2-4-22(13-17)29-25(32)23-15-30(16-27-23)14-18-5-11-21(12-6-18)28-24(31)19-7-9-20(26)10-8-19/h2-13,15-16H,14H2,1H3,(H,28,31)(H,29,32). The third-order valence-corrected chi connectivity index (χ3v) is 5.08. The number of aromatic nitrogens is 2. The molecule has 2 amide bonds. The van der Waals surface area contributed by atoms with Crippen molar-refractivity contribution in [2.45, 2.75) is 13.5 Å². The van der Waals surface area contributed by atoms with E-state index in [0.29, 0.717) is 28.5 Å². The number of nitrogens with one attached hydrogen (secondary N) is 2. The molecule has 160 valence electrons. The van der Waals surface area contributed by atoms with Crippen molar-refractivity contribution in [3.05, 3.63) is 113 Å². The number of carbonyl (C=O) groups is 2. The van der Waals surface area contributed by atoms with Gasteiger partial charge in [0.2, 0.25) is 0 Å². The van der Waals surface area contributed by atoms with Crippen LogP contribution in [0.4, 0.5) is 11.4 Å². The zero-order valence-electron chi connectivity index (χ0n) is 17.4. The van der Waals surface area contributed by atoms with Gasteiger partial charge in [0, 0.05) is 34.7 Å². The van der Waals surface area contributed by atoms with E-state index in [1.165, 1.54) is 0 Å². The number of imidazole rings is 1. The second kappa shape index (κ2) is 9.49. The summed E-state index contributed by atoms with van der Waals surface area (Å²) in [6, 6.07) is 21.8. The Hall–Kier alpha value is -3.90. The first kappa shape index (κ1) is 21.3. The Labute approximate surface area is 190 Å². The molecule has 0 fully saturated rings. The maximum atomic E-state index is 12.4. The average Bonchev–Trinajstić information content (AvgIpc) is 3.24. The monoisotopic (exact) mass is 444 g/mol. The van der Waals surface area contributed by atoms with Crippen LogP contribution in [0, 0.1) is 6.92 Å². The molecule has 0 unspecified atom stereocenters. The molecule has 0 aliphatic heterocycles. The molecule has 6 nitrogen and oxygen atoms in total. The van der Waals surface area contributed by atoms with Crippen molar-refractivity contribution in [2.24, 2.45) is 0 Å². The van der Waals surface area contributed by atoms with Gasteiger partial charge < -0.3 is 15.2 Å². The number of hydrogen-bond acceptors (Lipinski definition) is 3. The van der Waals surface area contributed by atoms with E-state index in [-0.39, 0.29) is 11.8 Å². The van der Waals surface area contributed by atoms with Crippen LogP contribution in [0.1, 0.15) is 32.0 Å². The number of hydrogen-bond donors (Lipinski definition) is 2. The molecule has 0 radical (unpaired) electrons. The molecule has 2 N–H and O–H groups in total. The molecule has 0 saturated carbocycles. The SMILES string of the molecule is Cc1cccc(NC(=O)c2cn(Cc3ccc(NC(=O)c4ccc(Cl)cc4)cc3)cn2)c1. The van der Waals surface area contributed by atoms with Crippen LogP contribution in [-0.2, 0) is 6.54 Å². The second-order valence-corrected chi connectivity index (χ2v) is 7.85. The van der Waals surface area contributed by atoms with E-state index in [2.05, 4.69) is 15.6 Å². The first-order valence-electron chi connectivity index (χ1n) is 10.0. The Morgan fingerprint density at radius 3 is 2.34 bits per heavy atom. The fraction of sp³-hybridized carbons (Fsp3) is 0.0800. The first-order valence-corrected chi connectivity index (χ1v) is 10.4. The normalized spacial score (nSPS) is 10.6. The van der Waals surface area contributed by atoms with E-state index in [9.17, 15) is 9.59 Å². The van der Waals surface area contributed by atoms with Crippen molar-refractivity contribution in [3.8, 4) is 0 Å². The quantitative estimate of drug-likeness (QED) is 0.418. The average molecular weight is 445 g/mol. The number of rotatable bonds is 6. The molecule has 3 aromatic carbocycles. The number of halogens is 1. The van der Waals surface area contributed by atoms with Crippen LogP contribution in [-0.4, -0.2) is 21.4 Å². The van der Waals surface area contributed by atoms with E-state index < -0.39 is 0 Å². The molecular weight excluding hydrogens is 424 g/mol. The molecule has 7 heteroatoms. The third-order valence-electron chi connectivity index (χ3n) is 4.83. The van der Waals surface area contributed by atoms with E-state index >= 15 is 0 Å². The highest BCUT2D eigenvalue weighted by molar-refractivity contribution is 6.30. The lowest BCUT2D eigenvalue weighted by molar-refractivity contribution is 0.101. The maximum Gasteiger partial charge on any atom is 0.275 e. The van der Waals surface area contributed by atoms with Crippen molar-refractivity contribution in [1.82, 2.24) is 9.55 Å². The van der Waals surface area contributed by atoms with Gasteiger partial charge in [0.1, 0.15) is 5.69 Å². The fourth-order valence-corrected chi connectivity index (χ4v) is 3.32. The number of aryl methyl sites for hydroxylation is 1. The van der Waals surface area contributed by atoms with E-state index in [1.54, 1.807) is 36.8 Å². The van der Waals surface area contributed by atoms with E-state index in [4.69, 9.17) is 11.6 Å². The molecule has 0 atom stereocenters. The molecule has 0 spiro atoms. The zero-order chi connectivity index (χ0) is 22.5. The third kappa shape index (κ3) is 5.42. The molecule has 4 rings (SSSR count). The van der Waals surface area contributed by atoms with Crippen LogP contribution in [0.2, 0.25) is 5.02 Å². The predicted octanol–water partition coefficient (Wildman–Crippen LogP) is 5.40. The summed E-state index contributed by atoms with van der Waals surface area (Å²) in [5.74, 6) is -0.456. The van der Waals surface area contributed by atoms with Gasteiger partial charge in [0.15, 0.2) is 0 Å². The summed E-state index contributed by atoms with van der Waals surface area (Å²) >= 11 is 5.86. The Balaban J connectivity index is 1.35. The summed E-state index contributed by atoms with van der Waals surface area (Å²) in [7, 11) is 0. The summed E-state index contributed by atoms with van der Waals surface area (Å²) in [6.07, 6.45) is 3.34. The van der Waals surface area contributed by atoms with Gasteiger partial charge in [-0.25, -0.2) is 4.98 Å². The number of nitrogens with zero attached hydrogens (tertiary/aromatic N) is 2. The topological polar surface area (TPSA) is 76.0 Å². The van der Waals surface area contributed by atoms with Gasteiger partial charge in [-0.2, -0.15) is 0 Å². The first-order chi connectivity index (χ1) is 15.5. The van der Waals surface area contributed by atoms with Gasteiger partial charge in [-0.15, -0.1) is 0 Å². The van der Waals surface area contributed by atoms with Crippen LogP contribution in [0.5, 0.6) is 0 Å². The van der Waals surface area contributed by atoms with Crippen molar-refractivity contribution < 1.29 is 9.59 Å². The highest BCUT2D eigenvalue weighted by atomic mass is 35.5. The summed E-state index contributed by atoms with van der Waals surface area (Å²) in [5, 5.41) is 6.30. The molecule has 0 aliphatic carbocycles. The Kier molecular flexibility index (Phi) is 6.33. The molecule has 32 heavy (non-hydrogen) atoms. The second-order valence-electron chi connectivity index (χ2n) is 7.41. The van der Waals surface area contributed by atoms with Gasteiger partial charge in [-0.1, -0.05) is 35.9 Å². The lowest BCUT2D eigenvalue weighted by Crippen LogP contribution is -2.12. The van der Waals surface area contributed by atoms with Crippen molar-refractivity contribution in [1.29, 1.82) is 0 Å². The largest absolute Gasteiger partial charge is 0.332 e. The summed E-state index contributed by atoms with van der Waals surface area (Å²) in [5.41, 5.74) is 4.39. The van der Waals surface area contributed by atoms with Gasteiger partial charge >= 0.3 is 0 Å². The minimum Gasteiger partial charge on any atom is -0.332 e. The molecular formula is C25H21ClN4O2. The molecule has 1 aromatic heterocycles. The number of carbonyl (C=O) groups excluding carboxylic acids is 2. The highest BCUT2D eigenvalue weighted by Gasteiger charge is 2.10. The van der Waals surface area contributed by atoms with Crippen molar-refractivity contribution in [3.63, 3.8) is 0 Å². The summed E-state index contributed by atoms with van der Waals surface area (Å²) in [6.45, 7) is 2.52. The van der Waals surface area contributed by atoms with Crippen molar-refractivity contribution in [2.75, 3.05) is 10.6 Å². The highest BCUT2D eigenvalue weighted by Crippen LogP contribution is 2.15. The smallest absolute Gasteiger partial charge is 0.275 e. The number of anilines is 2. The van der Waals surface area contributed by atoms with Gasteiger partial charge in [0.05, 0.1) is 6.33 Å². The van der Waals surface area contributed by atoms with Crippen LogP contribution in [0.15, 0.2) is 85.3 Å². The van der Waals surface area contributed by atoms with Crippen LogP contribution in [0.3, 0.4) is 0 Å². The van der Waals surface area contributed by atoms with Crippen LogP contribution in [0.25, 0.3) is 0 Å². The molecule has 0 saturated heterocycles. The lowest BCUT2D eigenvalue weighted by Gasteiger charge is -2.07. The van der Waals surface area contributed by atoms with E-state index in [0.717, 1.165) is 16.8 Å². The minimum absolute atomic E-state index is 0.201. The van der Waals surface area contributed by atoms with Crippen molar-refractivity contribution >= 4 is 34.8 Å². The molecule has 4 aromatic rings. The number of benzene rings is 3. The van der Waals surface area contributed by atoms with Crippen LogP contribution >= 0.6 is 11.6 Å². The Bertz CT molecular complexity index is 1250. The van der Waals surface area contributed by atoms with E-state index in [1.807, 2.05) is 60.0 Å². The maximum absolute atomic E-state index is 12.4. The van der Waals surface area contributed by atoms with Gasteiger partial charge in [0.25, 0.3) is 11.8 Å². The zero-order valence-corrected chi connectivity index (χ0v) is 18.1. The molecule has 0 bridgehead atoms. The summed E-state index contributed by atoms with van der Waals surface area (Å²) < 4.78 is 1.84. The van der Waals surface area contributed by atoms with Gasteiger partial charge in [-0.3, -0.25) is 9.59 Å². The van der Waals surface area contributed by atoms with Gasteiger partial charge in [-0.05, 0) is 66.6 Å². The molecule has 1 heterocycles. The summed E-state index contributed by atoms with van der Waals surface area (Å²) in [4.78, 5) is 29.0. The fourth-order valence-electron chi connectivity index (χ4n) is 3.19. The Morgan fingerprint density at radius 1 is 0.906 bits per heavy atom. The molecule has 0 aliphatic rings. The predicted molar refractivity (Wildman–Crippen MR) is 126 cm³/mol. The Morgan fingerprint density at radius 2 is 1.62 bits per heavy atom.